The van der Waals surface area contributed by atoms with E-state index in [-0.39, 0.29) is 34.1 Å². The van der Waals surface area contributed by atoms with Crippen LogP contribution in [0.2, 0.25) is 0 Å². The average molecular weight is 761 g/mol. The lowest BCUT2D eigenvalue weighted by molar-refractivity contribution is -0.132. The zero-order chi connectivity index (χ0) is 41.1. The molecule has 4 rings (SSSR count). The minimum absolute atomic E-state index is 0.00831. The van der Waals surface area contributed by atoms with Crippen LogP contribution in [0.5, 0.6) is 23.0 Å². The molecule has 0 spiro atoms. The lowest BCUT2D eigenvalue weighted by Crippen LogP contribution is -2.11. The molecule has 0 aliphatic carbocycles. The highest BCUT2D eigenvalue weighted by molar-refractivity contribution is 5.91. The van der Waals surface area contributed by atoms with E-state index in [4.69, 9.17) is 18.9 Å². The summed E-state index contributed by atoms with van der Waals surface area (Å²) in [5.74, 6) is -0.184. The number of carbonyl (C=O) groups excluding carboxylic acids is 4. The topological polar surface area (TPSA) is 105 Å². The van der Waals surface area contributed by atoms with Crippen molar-refractivity contribution in [2.75, 3.05) is 0 Å². The fraction of sp³-hybridized carbons (Fsp3) is 0.0455. The lowest BCUT2D eigenvalue weighted by atomic mass is 9.96. The molecule has 0 N–H and O–H groups in total. The Kier molecular flexibility index (Phi) is 13.5. The molecule has 0 radical (unpaired) electrons. The van der Waals surface area contributed by atoms with Gasteiger partial charge in [0.15, 0.2) is 0 Å². The summed E-state index contributed by atoms with van der Waals surface area (Å²) < 4.78 is 73.7. The third kappa shape index (κ3) is 11.2. The van der Waals surface area contributed by atoms with Crippen LogP contribution in [0.1, 0.15) is 47.2 Å². The molecule has 0 fully saturated rings. The van der Waals surface area contributed by atoms with Gasteiger partial charge in [-0.05, 0) is 84.7 Å². The molecular formula is C44H28F4O8. The zero-order valence-corrected chi connectivity index (χ0v) is 29.7. The average Bonchev–Trinajstić information content (AvgIpc) is 3.17. The summed E-state index contributed by atoms with van der Waals surface area (Å²) in [5.41, 5.74) is 3.76. The highest BCUT2D eigenvalue weighted by atomic mass is 19.1. The van der Waals surface area contributed by atoms with E-state index in [9.17, 15) is 36.7 Å². The van der Waals surface area contributed by atoms with E-state index in [0.717, 1.165) is 28.8 Å². The highest BCUT2D eigenvalue weighted by Gasteiger charge is 2.19. The quantitative estimate of drug-likeness (QED) is 0.0394. The van der Waals surface area contributed by atoms with Gasteiger partial charge in [-0.3, -0.25) is 0 Å². The maximum atomic E-state index is 13.7. The van der Waals surface area contributed by atoms with Crippen LogP contribution in [0, 0.1) is 23.7 Å². The number of carbonyl (C=O) groups is 4. The minimum atomic E-state index is -1.46. The second-order valence-corrected chi connectivity index (χ2v) is 11.4. The van der Waals surface area contributed by atoms with Gasteiger partial charge < -0.3 is 18.9 Å². The van der Waals surface area contributed by atoms with Crippen molar-refractivity contribution >= 4 is 35.0 Å². The maximum absolute atomic E-state index is 13.7. The van der Waals surface area contributed by atoms with Gasteiger partial charge in [-0.1, -0.05) is 74.3 Å². The van der Waals surface area contributed by atoms with Crippen molar-refractivity contribution in [3.05, 3.63) is 168 Å². The van der Waals surface area contributed by atoms with Gasteiger partial charge in [-0.15, -0.1) is 0 Å². The molecule has 0 bridgehead atoms. The molecule has 4 aromatic carbocycles. The predicted molar refractivity (Wildman–Crippen MR) is 199 cm³/mol. The highest BCUT2D eigenvalue weighted by Crippen LogP contribution is 2.31. The Morgan fingerprint density at radius 1 is 0.464 bits per heavy atom. The summed E-state index contributed by atoms with van der Waals surface area (Å²) in [5, 5.41) is 0. The van der Waals surface area contributed by atoms with Crippen LogP contribution < -0.4 is 18.9 Å². The molecule has 4 aromatic rings. The van der Waals surface area contributed by atoms with Crippen molar-refractivity contribution in [3.63, 3.8) is 0 Å². The summed E-state index contributed by atoms with van der Waals surface area (Å²) >= 11 is 0. The second kappa shape index (κ2) is 18.4. The smallest absolute Gasteiger partial charge is 0.371 e. The summed E-state index contributed by atoms with van der Waals surface area (Å²) in [6, 6.07) is 21.2. The van der Waals surface area contributed by atoms with Crippen LogP contribution in [0.15, 0.2) is 135 Å². The molecule has 0 amide bonds. The number of ether oxygens (including phenoxy) is 4. The van der Waals surface area contributed by atoms with Crippen molar-refractivity contribution in [1.29, 1.82) is 0 Å². The van der Waals surface area contributed by atoms with Gasteiger partial charge >= 0.3 is 23.9 Å². The first kappa shape index (κ1) is 41.1. The predicted octanol–water partition coefficient (Wildman–Crippen LogP) is 8.99. The molecular weight excluding hydrogens is 732 g/mol. The first-order valence-electron chi connectivity index (χ1n) is 16.0. The summed E-state index contributed by atoms with van der Waals surface area (Å²) in [4.78, 5) is 47.5. The number of benzene rings is 4. The van der Waals surface area contributed by atoms with E-state index in [1.165, 1.54) is 30.3 Å². The van der Waals surface area contributed by atoms with Crippen molar-refractivity contribution in [2.24, 2.45) is 0 Å². The van der Waals surface area contributed by atoms with Gasteiger partial charge in [0, 0.05) is 23.3 Å². The fourth-order valence-electron chi connectivity index (χ4n) is 4.47. The molecule has 12 heteroatoms. The SMILES string of the molecule is C=C(F)C(=O)Oc1ccc(C#Cc2cc(OC(=O)C(=C)F)c(C#Cc3ccc(C(C)=C(C)c4cccc(OC(=O)C(=C)F)c4)cc3)cc2OC(=O)C(=C)F)cc1. The van der Waals surface area contributed by atoms with Crippen molar-refractivity contribution < 1.29 is 55.7 Å². The molecule has 0 aliphatic rings. The monoisotopic (exact) mass is 760 g/mol. The summed E-state index contributed by atoms with van der Waals surface area (Å²) in [7, 11) is 0. The number of halogens is 4. The Labute approximate surface area is 318 Å². The van der Waals surface area contributed by atoms with E-state index in [1.54, 1.807) is 42.5 Å². The zero-order valence-electron chi connectivity index (χ0n) is 29.7. The summed E-state index contributed by atoms with van der Waals surface area (Å²) in [6.07, 6.45) is 0. The molecule has 0 atom stereocenters. The van der Waals surface area contributed by atoms with Crippen LogP contribution >= 0.6 is 0 Å². The molecule has 0 unspecified atom stereocenters. The van der Waals surface area contributed by atoms with Crippen molar-refractivity contribution in [1.82, 2.24) is 0 Å². The number of allylic oxidation sites excluding steroid dienone is 2. The van der Waals surface area contributed by atoms with Gasteiger partial charge in [0.1, 0.15) is 23.0 Å². The molecule has 0 heterocycles. The molecule has 0 saturated heterocycles. The first-order chi connectivity index (χ1) is 26.5. The van der Waals surface area contributed by atoms with E-state index < -0.39 is 47.2 Å². The number of hydrogen-bond donors (Lipinski definition) is 0. The van der Waals surface area contributed by atoms with Crippen LogP contribution in [0.3, 0.4) is 0 Å². The van der Waals surface area contributed by atoms with Crippen molar-refractivity contribution in [3.8, 4) is 46.7 Å². The van der Waals surface area contributed by atoms with E-state index in [2.05, 4.69) is 50.0 Å². The second-order valence-electron chi connectivity index (χ2n) is 11.4. The fourth-order valence-corrected chi connectivity index (χ4v) is 4.47. The van der Waals surface area contributed by atoms with Gasteiger partial charge in [0.05, 0.1) is 11.1 Å². The number of rotatable bonds is 10. The Morgan fingerprint density at radius 2 is 0.857 bits per heavy atom. The Morgan fingerprint density at radius 3 is 1.30 bits per heavy atom. The van der Waals surface area contributed by atoms with E-state index in [0.29, 0.717) is 16.7 Å². The third-order valence-corrected chi connectivity index (χ3v) is 7.48. The van der Waals surface area contributed by atoms with Gasteiger partial charge in [-0.25, -0.2) is 19.2 Å². The van der Waals surface area contributed by atoms with Crippen LogP contribution in [0.25, 0.3) is 11.1 Å². The molecule has 0 aliphatic heterocycles. The van der Waals surface area contributed by atoms with Gasteiger partial charge in [0.2, 0.25) is 23.3 Å². The van der Waals surface area contributed by atoms with E-state index >= 15 is 0 Å². The van der Waals surface area contributed by atoms with Gasteiger partial charge in [0.25, 0.3) is 0 Å². The first-order valence-corrected chi connectivity index (χ1v) is 16.0. The lowest BCUT2D eigenvalue weighted by Gasteiger charge is -2.11. The minimum Gasteiger partial charge on any atom is -0.421 e. The molecule has 56 heavy (non-hydrogen) atoms. The molecule has 0 aromatic heterocycles. The van der Waals surface area contributed by atoms with E-state index in [1.807, 2.05) is 13.8 Å². The molecule has 280 valence electrons. The Balaban J connectivity index is 1.70. The maximum Gasteiger partial charge on any atom is 0.371 e. The normalized spacial score (nSPS) is 10.5. The number of hydrogen-bond acceptors (Lipinski definition) is 8. The standard InChI is InChI=1S/C44H28F4O8/c1-25(26(2)34-8-7-9-38(22-34)54-42(50)28(4)46)33-16-10-31(11-17-33)12-18-35-23-40(56-44(52)30(6)48)36(24-39(35)55-43(51)29(5)47)19-13-32-14-20-37(21-15-32)53-41(49)27(3)45/h7-11,14-17,20-24H,3-6H2,1-2H3. The third-order valence-electron chi connectivity index (χ3n) is 7.48. The van der Waals surface area contributed by atoms with Crippen LogP contribution in [-0.2, 0) is 19.2 Å². The van der Waals surface area contributed by atoms with Gasteiger partial charge in [-0.2, -0.15) is 17.6 Å². The van der Waals surface area contributed by atoms with Crippen LogP contribution in [-0.4, -0.2) is 23.9 Å². The number of esters is 4. The largest absolute Gasteiger partial charge is 0.421 e. The summed E-state index contributed by atoms with van der Waals surface area (Å²) in [6.45, 7) is 15.4. The Bertz CT molecular complexity index is 2470. The Hall–Kier alpha value is -7.70. The molecule has 8 nitrogen and oxygen atoms in total. The van der Waals surface area contributed by atoms with Crippen molar-refractivity contribution in [2.45, 2.75) is 13.8 Å². The molecule has 0 saturated carbocycles. The van der Waals surface area contributed by atoms with Crippen LogP contribution in [0.4, 0.5) is 17.6 Å².